The number of nitrogens with zero attached hydrogens (tertiary/aromatic N) is 1. The van der Waals surface area contributed by atoms with Crippen LogP contribution in [0.2, 0.25) is 0 Å². The van der Waals surface area contributed by atoms with E-state index in [0.29, 0.717) is 5.92 Å². The van der Waals surface area contributed by atoms with Crippen LogP contribution >= 0.6 is 23.1 Å². The maximum absolute atomic E-state index is 9.02. The lowest BCUT2D eigenvalue weighted by molar-refractivity contribution is 0.281. The Balaban J connectivity index is 2.17. The largest absolute Gasteiger partial charge is 0.389 e. The van der Waals surface area contributed by atoms with E-state index in [-0.39, 0.29) is 6.61 Å². The van der Waals surface area contributed by atoms with E-state index in [2.05, 4.69) is 11.9 Å². The van der Waals surface area contributed by atoms with Crippen molar-refractivity contribution in [2.24, 2.45) is 0 Å². The molecule has 1 fully saturated rings. The minimum absolute atomic E-state index is 0.0903. The van der Waals surface area contributed by atoms with Crippen molar-refractivity contribution in [1.82, 2.24) is 4.98 Å². The minimum atomic E-state index is 0.0903. The van der Waals surface area contributed by atoms with Gasteiger partial charge in [-0.1, -0.05) is 0 Å². The number of hydrogen-bond donors (Lipinski definition) is 1. The van der Waals surface area contributed by atoms with E-state index in [1.54, 1.807) is 11.3 Å². The van der Waals surface area contributed by atoms with Gasteiger partial charge >= 0.3 is 0 Å². The summed E-state index contributed by atoms with van der Waals surface area (Å²) in [4.78, 5) is 5.81. The molecule has 0 unspecified atom stereocenters. The van der Waals surface area contributed by atoms with Crippen molar-refractivity contribution in [2.45, 2.75) is 32.3 Å². The molecule has 1 aliphatic rings. The molecule has 0 aliphatic carbocycles. The van der Waals surface area contributed by atoms with E-state index >= 15 is 0 Å². The highest BCUT2D eigenvalue weighted by molar-refractivity contribution is 7.99. The van der Waals surface area contributed by atoms with Gasteiger partial charge in [0, 0.05) is 10.8 Å². The quantitative estimate of drug-likeness (QED) is 0.846. The van der Waals surface area contributed by atoms with Gasteiger partial charge < -0.3 is 5.11 Å². The molecular weight excluding hydrogens is 214 g/mol. The van der Waals surface area contributed by atoms with Crippen LogP contribution in [0.25, 0.3) is 0 Å². The zero-order valence-corrected chi connectivity index (χ0v) is 9.96. The van der Waals surface area contributed by atoms with Crippen LogP contribution in [0.1, 0.15) is 34.3 Å². The molecule has 0 saturated carbocycles. The van der Waals surface area contributed by atoms with E-state index in [0.717, 1.165) is 5.01 Å². The number of thiazole rings is 1. The first-order chi connectivity index (χ1) is 6.81. The molecule has 1 N–H and O–H groups in total. The van der Waals surface area contributed by atoms with Crippen LogP contribution in [0, 0.1) is 6.92 Å². The Kier molecular flexibility index (Phi) is 3.47. The van der Waals surface area contributed by atoms with E-state index in [4.69, 9.17) is 5.11 Å². The van der Waals surface area contributed by atoms with Gasteiger partial charge in [0.2, 0.25) is 0 Å². The number of aryl methyl sites for hydroxylation is 1. The van der Waals surface area contributed by atoms with E-state index in [9.17, 15) is 0 Å². The summed E-state index contributed by atoms with van der Waals surface area (Å²) in [7, 11) is 0. The van der Waals surface area contributed by atoms with E-state index in [1.165, 1.54) is 34.9 Å². The average molecular weight is 229 g/mol. The fraction of sp³-hybridized carbons (Fsp3) is 0.700. The molecule has 1 aliphatic heterocycles. The Morgan fingerprint density at radius 2 is 2.14 bits per heavy atom. The molecule has 0 bridgehead atoms. The van der Waals surface area contributed by atoms with Gasteiger partial charge in [-0.15, -0.1) is 11.3 Å². The number of rotatable bonds is 2. The normalized spacial score (nSPS) is 18.7. The van der Waals surface area contributed by atoms with Gasteiger partial charge in [-0.25, -0.2) is 4.98 Å². The van der Waals surface area contributed by atoms with Gasteiger partial charge in [-0.05, 0) is 31.3 Å². The summed E-state index contributed by atoms with van der Waals surface area (Å²) in [6, 6.07) is 0. The monoisotopic (exact) mass is 229 g/mol. The second-order valence-corrected chi connectivity index (χ2v) is 6.11. The topological polar surface area (TPSA) is 33.1 Å². The molecule has 2 heterocycles. The first-order valence-corrected chi connectivity index (χ1v) is 6.93. The Morgan fingerprint density at radius 1 is 1.43 bits per heavy atom. The zero-order chi connectivity index (χ0) is 9.97. The second-order valence-electron chi connectivity index (χ2n) is 3.59. The van der Waals surface area contributed by atoms with Crippen molar-refractivity contribution in [2.75, 3.05) is 11.5 Å². The molecule has 2 nitrogen and oxygen atoms in total. The molecule has 0 amide bonds. The van der Waals surface area contributed by atoms with Crippen molar-refractivity contribution < 1.29 is 5.11 Å². The molecular formula is C10H15NOS2. The van der Waals surface area contributed by atoms with Gasteiger partial charge in [0.05, 0.1) is 12.3 Å². The molecule has 0 aromatic carbocycles. The van der Waals surface area contributed by atoms with Gasteiger partial charge in [0.25, 0.3) is 0 Å². The third-order valence-corrected chi connectivity index (χ3v) is 4.64. The van der Waals surface area contributed by atoms with Gasteiger partial charge in [-0.3, -0.25) is 0 Å². The molecule has 78 valence electrons. The maximum atomic E-state index is 9.02. The van der Waals surface area contributed by atoms with Crippen LogP contribution in [0.4, 0.5) is 0 Å². The number of aromatic nitrogens is 1. The summed E-state index contributed by atoms with van der Waals surface area (Å²) in [5.74, 6) is 3.17. The first-order valence-electron chi connectivity index (χ1n) is 4.96. The lowest BCUT2D eigenvalue weighted by atomic mass is 9.98. The van der Waals surface area contributed by atoms with Crippen LogP contribution in [0.3, 0.4) is 0 Å². The smallest absolute Gasteiger partial charge is 0.119 e. The number of aliphatic hydroxyl groups excluding tert-OH is 1. The van der Waals surface area contributed by atoms with Crippen LogP contribution in [-0.2, 0) is 6.61 Å². The van der Waals surface area contributed by atoms with E-state index in [1.807, 2.05) is 11.8 Å². The molecule has 1 aromatic heterocycles. The molecule has 0 spiro atoms. The number of hydrogen-bond acceptors (Lipinski definition) is 4. The molecule has 2 rings (SSSR count). The fourth-order valence-electron chi connectivity index (χ4n) is 1.88. The van der Waals surface area contributed by atoms with Crippen molar-refractivity contribution in [3.8, 4) is 0 Å². The molecule has 1 saturated heterocycles. The summed E-state index contributed by atoms with van der Waals surface area (Å²) in [5.41, 5.74) is 1.25. The number of aliphatic hydroxyl groups is 1. The number of thioether (sulfide) groups is 1. The van der Waals surface area contributed by atoms with Crippen LogP contribution < -0.4 is 0 Å². The third kappa shape index (κ3) is 2.12. The van der Waals surface area contributed by atoms with Crippen LogP contribution in [0.5, 0.6) is 0 Å². The Hall–Kier alpha value is -0.0600. The minimum Gasteiger partial charge on any atom is -0.389 e. The predicted octanol–water partition coefficient (Wildman–Crippen LogP) is 2.55. The van der Waals surface area contributed by atoms with Gasteiger partial charge in [0.1, 0.15) is 5.01 Å². The highest BCUT2D eigenvalue weighted by Gasteiger charge is 2.20. The highest BCUT2D eigenvalue weighted by atomic mass is 32.2. The standard InChI is InChI=1S/C10H15NOS2/c1-7-10(11-9(6-12)14-7)8-2-4-13-5-3-8/h8,12H,2-6H2,1H3. The summed E-state index contributed by atoms with van der Waals surface area (Å²) in [6.45, 7) is 2.21. The second kappa shape index (κ2) is 4.64. The van der Waals surface area contributed by atoms with Crippen molar-refractivity contribution in [3.63, 3.8) is 0 Å². The molecule has 0 atom stereocenters. The fourth-order valence-corrected chi connectivity index (χ4v) is 3.87. The third-order valence-electron chi connectivity index (χ3n) is 2.62. The summed E-state index contributed by atoms with van der Waals surface area (Å²) in [6.07, 6.45) is 2.50. The van der Waals surface area contributed by atoms with Crippen molar-refractivity contribution in [3.05, 3.63) is 15.6 Å². The Morgan fingerprint density at radius 3 is 2.71 bits per heavy atom. The van der Waals surface area contributed by atoms with Crippen molar-refractivity contribution >= 4 is 23.1 Å². The lowest BCUT2D eigenvalue weighted by Crippen LogP contribution is -2.09. The lowest BCUT2D eigenvalue weighted by Gasteiger charge is -2.20. The summed E-state index contributed by atoms with van der Waals surface area (Å²) >= 11 is 3.68. The SMILES string of the molecule is Cc1sc(CO)nc1C1CCSCC1. The first kappa shape index (κ1) is 10.5. The predicted molar refractivity (Wildman–Crippen MR) is 62.1 cm³/mol. The highest BCUT2D eigenvalue weighted by Crippen LogP contribution is 2.34. The van der Waals surface area contributed by atoms with Crippen molar-refractivity contribution in [1.29, 1.82) is 0 Å². The van der Waals surface area contributed by atoms with E-state index < -0.39 is 0 Å². The molecule has 0 radical (unpaired) electrons. The van der Waals surface area contributed by atoms with Gasteiger partial charge in [-0.2, -0.15) is 11.8 Å². The molecule has 4 heteroatoms. The Bertz CT molecular complexity index is 305. The molecule has 14 heavy (non-hydrogen) atoms. The summed E-state index contributed by atoms with van der Waals surface area (Å²) in [5, 5.41) is 9.89. The van der Waals surface area contributed by atoms with Crippen LogP contribution in [0.15, 0.2) is 0 Å². The van der Waals surface area contributed by atoms with Crippen LogP contribution in [-0.4, -0.2) is 21.6 Å². The zero-order valence-electron chi connectivity index (χ0n) is 8.32. The Labute approximate surface area is 92.8 Å². The summed E-state index contributed by atoms with van der Waals surface area (Å²) < 4.78 is 0. The average Bonchev–Trinajstić information content (AvgIpc) is 2.61. The maximum Gasteiger partial charge on any atom is 0.119 e. The van der Waals surface area contributed by atoms with Gasteiger partial charge in [0.15, 0.2) is 0 Å². The molecule has 1 aromatic rings.